The van der Waals surface area contributed by atoms with E-state index >= 15 is 0 Å². The number of morpholine rings is 1. The first-order valence-corrected chi connectivity index (χ1v) is 6.51. The minimum absolute atomic E-state index is 0.214. The van der Waals surface area contributed by atoms with Gasteiger partial charge < -0.3 is 14.7 Å². The zero-order valence-electron chi connectivity index (χ0n) is 10.7. The van der Waals surface area contributed by atoms with E-state index in [0.29, 0.717) is 18.2 Å². The number of halogens is 1. The van der Waals surface area contributed by atoms with Crippen LogP contribution in [0.25, 0.3) is 6.08 Å². The topological polar surface area (TPSA) is 49.8 Å². The van der Waals surface area contributed by atoms with Crippen LogP contribution in [0.4, 0.5) is 5.69 Å². The van der Waals surface area contributed by atoms with Crippen LogP contribution in [-0.2, 0) is 9.53 Å². The molecule has 1 N–H and O–H groups in total. The molecule has 5 heteroatoms. The lowest BCUT2D eigenvalue weighted by atomic mass is 10.1. The Morgan fingerprint density at radius 3 is 3.05 bits per heavy atom. The molecule has 1 heterocycles. The second kappa shape index (κ2) is 6.08. The van der Waals surface area contributed by atoms with Gasteiger partial charge in [-0.1, -0.05) is 23.7 Å². The third-order valence-corrected chi connectivity index (χ3v) is 3.38. The van der Waals surface area contributed by atoms with E-state index in [1.165, 1.54) is 0 Å². The van der Waals surface area contributed by atoms with E-state index in [1.807, 2.05) is 18.2 Å². The van der Waals surface area contributed by atoms with Gasteiger partial charge in [0.25, 0.3) is 0 Å². The van der Waals surface area contributed by atoms with Crippen LogP contribution in [-0.4, -0.2) is 36.9 Å². The number of hydrogen-bond donors (Lipinski definition) is 1. The van der Waals surface area contributed by atoms with Gasteiger partial charge in [0.2, 0.25) is 0 Å². The minimum atomic E-state index is -0.971. The summed E-state index contributed by atoms with van der Waals surface area (Å²) in [6.45, 7) is 4.11. The number of carbonyl (C=O) groups is 1. The summed E-state index contributed by atoms with van der Waals surface area (Å²) in [5.74, 6) is -0.971. The zero-order chi connectivity index (χ0) is 13.8. The van der Waals surface area contributed by atoms with Gasteiger partial charge in [0.05, 0.1) is 23.9 Å². The van der Waals surface area contributed by atoms with E-state index in [-0.39, 0.29) is 6.04 Å². The van der Waals surface area contributed by atoms with Gasteiger partial charge in [0, 0.05) is 18.7 Å². The Balaban J connectivity index is 2.39. The van der Waals surface area contributed by atoms with Crippen LogP contribution in [0.5, 0.6) is 0 Å². The summed E-state index contributed by atoms with van der Waals surface area (Å²) >= 11 is 6.28. The van der Waals surface area contributed by atoms with Crippen molar-refractivity contribution < 1.29 is 14.6 Å². The highest BCUT2D eigenvalue weighted by molar-refractivity contribution is 6.33. The molecule has 0 amide bonds. The van der Waals surface area contributed by atoms with Crippen LogP contribution in [0.3, 0.4) is 0 Å². The van der Waals surface area contributed by atoms with E-state index < -0.39 is 5.97 Å². The first kappa shape index (κ1) is 13.9. The summed E-state index contributed by atoms with van der Waals surface area (Å²) < 4.78 is 5.41. The van der Waals surface area contributed by atoms with Crippen molar-refractivity contribution in [2.75, 3.05) is 24.7 Å². The molecule has 1 fully saturated rings. The zero-order valence-corrected chi connectivity index (χ0v) is 11.4. The minimum Gasteiger partial charge on any atom is -0.478 e. The fourth-order valence-electron chi connectivity index (χ4n) is 2.19. The molecule has 0 aliphatic carbocycles. The van der Waals surface area contributed by atoms with E-state index in [9.17, 15) is 4.79 Å². The maximum Gasteiger partial charge on any atom is 0.328 e. The smallest absolute Gasteiger partial charge is 0.328 e. The second-order valence-electron chi connectivity index (χ2n) is 4.47. The molecule has 1 aliphatic rings. The Hall–Kier alpha value is -1.52. The van der Waals surface area contributed by atoms with E-state index in [0.717, 1.165) is 23.9 Å². The van der Waals surface area contributed by atoms with Crippen molar-refractivity contribution >= 4 is 29.3 Å². The lowest BCUT2D eigenvalue weighted by molar-refractivity contribution is -0.131. The molecule has 102 valence electrons. The Kier molecular flexibility index (Phi) is 4.45. The molecule has 0 spiro atoms. The lowest BCUT2D eigenvalue weighted by Crippen LogP contribution is -2.44. The first-order chi connectivity index (χ1) is 9.09. The number of benzene rings is 1. The van der Waals surface area contributed by atoms with Gasteiger partial charge in [-0.25, -0.2) is 4.79 Å². The van der Waals surface area contributed by atoms with Crippen LogP contribution < -0.4 is 4.90 Å². The summed E-state index contributed by atoms with van der Waals surface area (Å²) in [5.41, 5.74) is 1.68. The summed E-state index contributed by atoms with van der Waals surface area (Å²) in [4.78, 5) is 12.8. The summed E-state index contributed by atoms with van der Waals surface area (Å²) in [6.07, 6.45) is 2.70. The molecular formula is C14H16ClNO3. The Bertz CT molecular complexity index is 501. The Morgan fingerprint density at radius 1 is 1.58 bits per heavy atom. The SMILES string of the molecule is CC1COCCN1c1c(Cl)cccc1/C=C/C(=O)O. The van der Waals surface area contributed by atoms with E-state index in [4.69, 9.17) is 21.4 Å². The molecule has 1 atom stereocenters. The standard InChI is InChI=1S/C14H16ClNO3/c1-10-9-19-8-7-16(10)14-11(5-6-13(17)18)3-2-4-12(14)15/h2-6,10H,7-9H2,1H3,(H,17,18)/b6-5+. The molecule has 0 bridgehead atoms. The maximum absolute atomic E-state index is 10.7. The predicted octanol–water partition coefficient (Wildman–Crippen LogP) is 2.66. The molecule has 19 heavy (non-hydrogen) atoms. The van der Waals surface area contributed by atoms with Crippen LogP contribution in [0.1, 0.15) is 12.5 Å². The predicted molar refractivity (Wildman–Crippen MR) is 75.7 cm³/mol. The molecule has 2 rings (SSSR count). The molecule has 1 aromatic rings. The van der Waals surface area contributed by atoms with Crippen molar-refractivity contribution in [2.24, 2.45) is 0 Å². The number of para-hydroxylation sites is 1. The van der Waals surface area contributed by atoms with Gasteiger partial charge in [-0.3, -0.25) is 0 Å². The molecule has 0 saturated carbocycles. The number of carboxylic acids is 1. The number of ether oxygens (including phenoxy) is 1. The number of hydrogen-bond acceptors (Lipinski definition) is 3. The fraction of sp³-hybridized carbons (Fsp3) is 0.357. The highest BCUT2D eigenvalue weighted by Gasteiger charge is 2.22. The van der Waals surface area contributed by atoms with Crippen molar-refractivity contribution in [1.29, 1.82) is 0 Å². The number of aliphatic carboxylic acids is 1. The largest absolute Gasteiger partial charge is 0.478 e. The molecule has 1 unspecified atom stereocenters. The summed E-state index contributed by atoms with van der Waals surface area (Å²) in [6, 6.07) is 5.71. The van der Waals surface area contributed by atoms with Crippen LogP contribution in [0.2, 0.25) is 5.02 Å². The molecule has 1 aliphatic heterocycles. The van der Waals surface area contributed by atoms with Crippen LogP contribution in [0, 0.1) is 0 Å². The third-order valence-electron chi connectivity index (χ3n) is 3.08. The Morgan fingerprint density at radius 2 is 2.37 bits per heavy atom. The van der Waals surface area contributed by atoms with Gasteiger partial charge in [-0.15, -0.1) is 0 Å². The average molecular weight is 282 g/mol. The summed E-state index contributed by atoms with van der Waals surface area (Å²) in [7, 11) is 0. The van der Waals surface area contributed by atoms with Crippen molar-refractivity contribution in [3.63, 3.8) is 0 Å². The van der Waals surface area contributed by atoms with E-state index in [2.05, 4.69) is 11.8 Å². The van der Waals surface area contributed by atoms with E-state index in [1.54, 1.807) is 6.08 Å². The number of carboxylic acid groups (broad SMARTS) is 1. The normalized spacial score (nSPS) is 19.9. The van der Waals surface area contributed by atoms with Gasteiger partial charge in [-0.05, 0) is 24.6 Å². The van der Waals surface area contributed by atoms with Gasteiger partial charge in [-0.2, -0.15) is 0 Å². The molecule has 0 radical (unpaired) electrons. The van der Waals surface area contributed by atoms with Gasteiger partial charge in [0.1, 0.15) is 0 Å². The molecule has 1 aromatic carbocycles. The van der Waals surface area contributed by atoms with Crippen molar-refractivity contribution in [2.45, 2.75) is 13.0 Å². The number of rotatable bonds is 3. The van der Waals surface area contributed by atoms with Gasteiger partial charge in [0.15, 0.2) is 0 Å². The number of nitrogens with zero attached hydrogens (tertiary/aromatic N) is 1. The summed E-state index contributed by atoms with van der Waals surface area (Å²) in [5, 5.41) is 9.37. The first-order valence-electron chi connectivity index (χ1n) is 6.13. The lowest BCUT2D eigenvalue weighted by Gasteiger charge is -2.36. The second-order valence-corrected chi connectivity index (χ2v) is 4.87. The molecule has 4 nitrogen and oxygen atoms in total. The van der Waals surface area contributed by atoms with Crippen molar-refractivity contribution in [3.05, 3.63) is 34.9 Å². The molecule has 1 saturated heterocycles. The average Bonchev–Trinajstić information content (AvgIpc) is 2.37. The number of anilines is 1. The molecule has 0 aromatic heterocycles. The van der Waals surface area contributed by atoms with Crippen molar-refractivity contribution in [3.8, 4) is 0 Å². The highest BCUT2D eigenvalue weighted by Crippen LogP contribution is 2.33. The Labute approximate surface area is 117 Å². The van der Waals surface area contributed by atoms with Crippen molar-refractivity contribution in [1.82, 2.24) is 0 Å². The third kappa shape index (κ3) is 3.28. The quantitative estimate of drug-likeness (QED) is 0.866. The maximum atomic E-state index is 10.7. The van der Waals surface area contributed by atoms with Crippen LogP contribution in [0.15, 0.2) is 24.3 Å². The van der Waals surface area contributed by atoms with Gasteiger partial charge >= 0.3 is 5.97 Å². The highest BCUT2D eigenvalue weighted by atomic mass is 35.5. The monoisotopic (exact) mass is 281 g/mol. The fourth-order valence-corrected chi connectivity index (χ4v) is 2.48. The molecular weight excluding hydrogens is 266 g/mol. The van der Waals surface area contributed by atoms with Crippen LogP contribution >= 0.6 is 11.6 Å².